The van der Waals surface area contributed by atoms with Crippen molar-refractivity contribution in [2.24, 2.45) is 5.92 Å². The van der Waals surface area contributed by atoms with Crippen molar-refractivity contribution >= 4 is 22.5 Å². The molecule has 7 heteroatoms. The van der Waals surface area contributed by atoms with Gasteiger partial charge in [-0.15, -0.1) is 0 Å². The van der Waals surface area contributed by atoms with Crippen LogP contribution in [0.1, 0.15) is 67.9 Å². The number of fused-ring (bicyclic) bond motifs is 8. The van der Waals surface area contributed by atoms with Crippen molar-refractivity contribution in [1.82, 2.24) is 0 Å². The summed E-state index contributed by atoms with van der Waals surface area (Å²) in [6, 6.07) is 36.6. The van der Waals surface area contributed by atoms with Gasteiger partial charge in [-0.25, -0.2) is 0 Å². The van der Waals surface area contributed by atoms with Crippen molar-refractivity contribution in [3.05, 3.63) is 137 Å². The molecule has 7 nitrogen and oxygen atoms in total. The van der Waals surface area contributed by atoms with E-state index in [0.29, 0.717) is 19.1 Å². The van der Waals surface area contributed by atoms with Crippen molar-refractivity contribution in [1.29, 1.82) is 0 Å². The summed E-state index contributed by atoms with van der Waals surface area (Å²) in [4.78, 5) is 2.35. The lowest BCUT2D eigenvalue weighted by Crippen LogP contribution is -2.38. The van der Waals surface area contributed by atoms with Crippen LogP contribution in [0.5, 0.6) is 28.7 Å². The fraction of sp³-hybridized carbons (Fsp3) is 0.321. The number of hydrogen-bond acceptors (Lipinski definition) is 7. The number of methoxy groups -OCH3 is 4. The molecule has 9 rings (SSSR count). The van der Waals surface area contributed by atoms with Crippen molar-refractivity contribution in [3.63, 3.8) is 0 Å². The summed E-state index contributed by atoms with van der Waals surface area (Å²) < 4.78 is 37.1. The number of morpholine rings is 1. The fourth-order valence-corrected chi connectivity index (χ4v) is 10.4. The van der Waals surface area contributed by atoms with Gasteiger partial charge in [0.15, 0.2) is 5.60 Å². The summed E-state index contributed by atoms with van der Waals surface area (Å²) >= 11 is 0. The third-order valence-corrected chi connectivity index (χ3v) is 13.5. The van der Waals surface area contributed by atoms with Crippen molar-refractivity contribution < 1.29 is 28.4 Å². The van der Waals surface area contributed by atoms with Crippen LogP contribution < -0.4 is 28.6 Å². The Labute approximate surface area is 354 Å². The highest BCUT2D eigenvalue weighted by Crippen LogP contribution is 2.62. The van der Waals surface area contributed by atoms with Gasteiger partial charge in [0.1, 0.15) is 28.7 Å². The molecule has 2 aliphatic heterocycles. The van der Waals surface area contributed by atoms with E-state index in [9.17, 15) is 0 Å². The molecule has 3 aliphatic rings. The Morgan fingerprint density at radius 3 is 2.05 bits per heavy atom. The van der Waals surface area contributed by atoms with Crippen LogP contribution in [-0.4, -0.2) is 54.7 Å². The number of benzene rings is 6. The van der Waals surface area contributed by atoms with E-state index in [1.165, 1.54) is 22.3 Å². The van der Waals surface area contributed by atoms with Crippen LogP contribution in [0.4, 0.5) is 5.69 Å². The second kappa shape index (κ2) is 15.9. The van der Waals surface area contributed by atoms with E-state index >= 15 is 0 Å². The molecule has 0 radical (unpaired) electrons. The molecule has 6 aromatic rings. The second-order valence-corrected chi connectivity index (χ2v) is 16.3. The maximum atomic E-state index is 7.88. The van der Waals surface area contributed by atoms with Crippen molar-refractivity contribution in [2.75, 3.05) is 59.6 Å². The quantitative estimate of drug-likeness (QED) is 0.122. The van der Waals surface area contributed by atoms with Crippen LogP contribution in [0.25, 0.3) is 39.1 Å². The summed E-state index contributed by atoms with van der Waals surface area (Å²) in [6.07, 6.45) is 7.91. The summed E-state index contributed by atoms with van der Waals surface area (Å²) in [5, 5.41) is 2.14. The van der Waals surface area contributed by atoms with Crippen LogP contribution in [0.15, 0.2) is 109 Å². The topological polar surface area (TPSA) is 58.6 Å². The Hall–Kier alpha value is -5.92. The lowest BCUT2D eigenvalue weighted by atomic mass is 9.65. The number of anilines is 1. The zero-order chi connectivity index (χ0) is 41.6. The average molecular weight is 802 g/mol. The molecule has 2 heterocycles. The summed E-state index contributed by atoms with van der Waals surface area (Å²) in [6.45, 7) is 10.0. The van der Waals surface area contributed by atoms with Gasteiger partial charge in [0.25, 0.3) is 0 Å². The first-order valence-electron chi connectivity index (χ1n) is 21.3. The van der Waals surface area contributed by atoms with Gasteiger partial charge in [0.2, 0.25) is 0 Å². The maximum absolute atomic E-state index is 7.88. The highest BCUT2D eigenvalue weighted by molar-refractivity contribution is 6.10. The number of nitrogens with zero attached hydrogens (tertiary/aromatic N) is 1. The average Bonchev–Trinajstić information content (AvgIpc) is 3.59. The third kappa shape index (κ3) is 6.20. The van der Waals surface area contributed by atoms with E-state index < -0.39 is 5.60 Å². The maximum Gasteiger partial charge on any atom is 0.178 e. The molecule has 3 atom stereocenters. The Kier molecular flexibility index (Phi) is 10.5. The molecule has 0 saturated carbocycles. The molecule has 3 unspecified atom stereocenters. The van der Waals surface area contributed by atoms with Crippen LogP contribution in [-0.2, 0) is 15.8 Å². The largest absolute Gasteiger partial charge is 0.497 e. The van der Waals surface area contributed by atoms with E-state index in [1.54, 1.807) is 28.4 Å². The highest BCUT2D eigenvalue weighted by Gasteiger charge is 2.49. The Morgan fingerprint density at radius 1 is 0.700 bits per heavy atom. The van der Waals surface area contributed by atoms with E-state index in [-0.39, 0.29) is 5.41 Å². The van der Waals surface area contributed by atoms with Gasteiger partial charge in [-0.3, -0.25) is 0 Å². The van der Waals surface area contributed by atoms with Crippen molar-refractivity contribution in [3.8, 4) is 51.0 Å². The molecule has 1 saturated heterocycles. The molecule has 60 heavy (non-hydrogen) atoms. The number of ether oxygens (including phenoxy) is 6. The van der Waals surface area contributed by atoms with Crippen LogP contribution >= 0.6 is 0 Å². The molecule has 0 amide bonds. The fourth-order valence-electron chi connectivity index (χ4n) is 10.4. The van der Waals surface area contributed by atoms with Gasteiger partial charge in [0, 0.05) is 46.1 Å². The predicted molar refractivity (Wildman–Crippen MR) is 243 cm³/mol. The minimum atomic E-state index is -1.01. The first kappa shape index (κ1) is 39.5. The molecule has 1 aliphatic carbocycles. The Balaban J connectivity index is 1.37. The molecule has 0 aromatic heterocycles. The zero-order valence-electron chi connectivity index (χ0n) is 35.9. The number of hydrogen-bond donors (Lipinski definition) is 0. The first-order valence-corrected chi connectivity index (χ1v) is 21.3. The molecule has 0 N–H and O–H groups in total. The smallest absolute Gasteiger partial charge is 0.178 e. The first-order chi connectivity index (χ1) is 29.3. The summed E-state index contributed by atoms with van der Waals surface area (Å²) in [5.74, 6) is 4.44. The zero-order valence-corrected chi connectivity index (χ0v) is 35.9. The normalized spacial score (nSPS) is 19.6. The van der Waals surface area contributed by atoms with Gasteiger partial charge in [0.05, 0.1) is 47.3 Å². The molecular weight excluding hydrogens is 747 g/mol. The summed E-state index contributed by atoms with van der Waals surface area (Å²) in [7, 11) is 6.89. The van der Waals surface area contributed by atoms with E-state index in [4.69, 9.17) is 28.4 Å². The standard InChI is InChI=1S/C53H55NO6/c1-8-12-35(9-2)52(3)45-14-11-10-13-40(45)49-43-32-42(34-15-20-38(55-4)21-16-34)48(58-7)33-44(43)51-41(50(49)52)25-26-53(60-51,36-17-22-39(56-5)23-18-36)37-19-24-47(57-6)46(31-37)54-27-29-59-30-28-54/h10-11,13-26,31-33,35H,8-9,12,27-30H2,1-7H3. The molecule has 0 bridgehead atoms. The minimum absolute atomic E-state index is 0.271. The van der Waals surface area contributed by atoms with Crippen LogP contribution in [0.3, 0.4) is 0 Å². The Morgan fingerprint density at radius 2 is 1.38 bits per heavy atom. The molecule has 308 valence electrons. The molecule has 1 fully saturated rings. The third-order valence-electron chi connectivity index (χ3n) is 13.5. The molecular formula is C53H55NO6. The lowest BCUT2D eigenvalue weighted by Gasteiger charge is -2.41. The molecule has 6 aromatic carbocycles. The number of rotatable bonds is 12. The van der Waals surface area contributed by atoms with Gasteiger partial charge in [-0.05, 0) is 100 Å². The second-order valence-electron chi connectivity index (χ2n) is 16.3. The van der Waals surface area contributed by atoms with Gasteiger partial charge in [-0.2, -0.15) is 0 Å². The van der Waals surface area contributed by atoms with E-state index in [0.717, 1.165) is 105 Å². The predicted octanol–water partition coefficient (Wildman–Crippen LogP) is 11.8. The van der Waals surface area contributed by atoms with Gasteiger partial charge < -0.3 is 33.3 Å². The SMILES string of the molecule is CCCC(CC)C1(C)c2ccccc2-c2c1c1c(c3cc(OC)c(-c4ccc(OC)cc4)cc23)OC(c2ccc(OC)cc2)(c2ccc(OC)c(N3CCOCC3)c2)C=C1. The van der Waals surface area contributed by atoms with E-state index in [1.807, 2.05) is 24.3 Å². The highest BCUT2D eigenvalue weighted by atomic mass is 16.5. The van der Waals surface area contributed by atoms with Crippen LogP contribution in [0, 0.1) is 5.92 Å². The summed E-state index contributed by atoms with van der Waals surface area (Å²) in [5.41, 5.74) is 10.2. The lowest BCUT2D eigenvalue weighted by molar-refractivity contribution is 0.122. The van der Waals surface area contributed by atoms with Gasteiger partial charge >= 0.3 is 0 Å². The van der Waals surface area contributed by atoms with Crippen molar-refractivity contribution in [2.45, 2.75) is 51.0 Å². The van der Waals surface area contributed by atoms with Crippen LogP contribution in [0.2, 0.25) is 0 Å². The van der Waals surface area contributed by atoms with Gasteiger partial charge in [-0.1, -0.05) is 94.3 Å². The Bertz CT molecular complexity index is 2570. The van der Waals surface area contributed by atoms with E-state index in [2.05, 4.69) is 117 Å². The minimum Gasteiger partial charge on any atom is -0.497 e. The monoisotopic (exact) mass is 801 g/mol. The molecule has 0 spiro atoms.